The van der Waals surface area contributed by atoms with Gasteiger partial charge in [0.2, 0.25) is 0 Å². The third-order valence-electron chi connectivity index (χ3n) is 3.51. The van der Waals surface area contributed by atoms with E-state index in [0.717, 1.165) is 25.3 Å². The van der Waals surface area contributed by atoms with Crippen molar-refractivity contribution in [3.05, 3.63) is 30.3 Å². The van der Waals surface area contributed by atoms with E-state index < -0.39 is 6.10 Å². The van der Waals surface area contributed by atoms with Gasteiger partial charge in [0.05, 0.1) is 6.10 Å². The summed E-state index contributed by atoms with van der Waals surface area (Å²) < 4.78 is 11.0. The average Bonchev–Trinajstić information content (AvgIpc) is 2.83. The van der Waals surface area contributed by atoms with Gasteiger partial charge in [0.25, 0.3) is 0 Å². The van der Waals surface area contributed by atoms with Gasteiger partial charge in [-0.2, -0.15) is 0 Å². The summed E-state index contributed by atoms with van der Waals surface area (Å²) in [5.41, 5.74) is 0. The monoisotopic (exact) mass is 265 g/mol. The minimum absolute atomic E-state index is 0.313. The molecule has 1 saturated heterocycles. The molecule has 106 valence electrons. The van der Waals surface area contributed by atoms with Crippen LogP contribution in [0.15, 0.2) is 30.3 Å². The largest absolute Gasteiger partial charge is 0.491 e. The van der Waals surface area contributed by atoms with E-state index in [0.29, 0.717) is 25.2 Å². The topological polar surface area (TPSA) is 50.7 Å². The van der Waals surface area contributed by atoms with Crippen LogP contribution >= 0.6 is 0 Å². The van der Waals surface area contributed by atoms with Crippen LogP contribution in [-0.4, -0.2) is 43.6 Å². The first kappa shape index (κ1) is 14.3. The van der Waals surface area contributed by atoms with Gasteiger partial charge in [-0.1, -0.05) is 18.2 Å². The Hall–Kier alpha value is -1.10. The fourth-order valence-electron chi connectivity index (χ4n) is 2.25. The molecule has 1 aromatic rings. The number of hydrogen-bond donors (Lipinski definition) is 2. The zero-order valence-corrected chi connectivity index (χ0v) is 11.4. The standard InChI is InChI=1S/C15H23NO3/c1-12-13(7-8-18-12)9-16-10-14(17)11-19-15-5-3-2-4-6-15/h2-6,12-14,16-17H,7-11H2,1H3. The van der Waals surface area contributed by atoms with Gasteiger partial charge in [0.15, 0.2) is 0 Å². The maximum atomic E-state index is 9.83. The number of rotatable bonds is 7. The summed E-state index contributed by atoms with van der Waals surface area (Å²) in [6, 6.07) is 9.55. The Morgan fingerprint density at radius 3 is 2.89 bits per heavy atom. The van der Waals surface area contributed by atoms with E-state index in [-0.39, 0.29) is 0 Å². The molecule has 4 nitrogen and oxygen atoms in total. The van der Waals surface area contributed by atoms with Crippen molar-refractivity contribution in [2.24, 2.45) is 5.92 Å². The second-order valence-electron chi connectivity index (χ2n) is 5.06. The zero-order valence-electron chi connectivity index (χ0n) is 11.4. The van der Waals surface area contributed by atoms with E-state index in [1.807, 2.05) is 30.3 Å². The van der Waals surface area contributed by atoms with Crippen molar-refractivity contribution in [3.63, 3.8) is 0 Å². The van der Waals surface area contributed by atoms with Gasteiger partial charge in [-0.3, -0.25) is 0 Å². The summed E-state index contributed by atoms with van der Waals surface area (Å²) in [5.74, 6) is 1.35. The third kappa shape index (κ3) is 4.82. The predicted octanol–water partition coefficient (Wildman–Crippen LogP) is 1.44. The highest BCUT2D eigenvalue weighted by molar-refractivity contribution is 5.20. The highest BCUT2D eigenvalue weighted by Crippen LogP contribution is 2.19. The minimum atomic E-state index is -0.488. The van der Waals surface area contributed by atoms with E-state index in [4.69, 9.17) is 9.47 Å². The molecule has 2 N–H and O–H groups in total. The maximum Gasteiger partial charge on any atom is 0.119 e. The van der Waals surface area contributed by atoms with Crippen LogP contribution in [0.4, 0.5) is 0 Å². The molecule has 3 atom stereocenters. The minimum Gasteiger partial charge on any atom is -0.491 e. The molecular weight excluding hydrogens is 242 g/mol. The summed E-state index contributed by atoms with van der Waals surface area (Å²) in [6.45, 7) is 4.72. The van der Waals surface area contributed by atoms with Gasteiger partial charge in [-0.05, 0) is 31.4 Å². The van der Waals surface area contributed by atoms with E-state index in [1.165, 1.54) is 0 Å². The highest BCUT2D eigenvalue weighted by atomic mass is 16.5. The molecule has 0 saturated carbocycles. The summed E-state index contributed by atoms with van der Waals surface area (Å²) in [7, 11) is 0. The normalized spacial score (nSPS) is 24.3. The quantitative estimate of drug-likeness (QED) is 0.783. The second-order valence-corrected chi connectivity index (χ2v) is 5.06. The molecule has 0 radical (unpaired) electrons. The predicted molar refractivity (Wildman–Crippen MR) is 74.3 cm³/mol. The lowest BCUT2D eigenvalue weighted by atomic mass is 10.0. The van der Waals surface area contributed by atoms with Crippen LogP contribution in [0.25, 0.3) is 0 Å². The summed E-state index contributed by atoms with van der Waals surface area (Å²) in [6.07, 6.45) is 0.938. The van der Waals surface area contributed by atoms with Gasteiger partial charge in [0, 0.05) is 19.7 Å². The first-order valence-corrected chi connectivity index (χ1v) is 6.94. The van der Waals surface area contributed by atoms with Gasteiger partial charge in [0.1, 0.15) is 18.5 Å². The average molecular weight is 265 g/mol. The lowest BCUT2D eigenvalue weighted by Crippen LogP contribution is -2.35. The molecule has 0 spiro atoms. The van der Waals surface area contributed by atoms with Crippen LogP contribution in [0.2, 0.25) is 0 Å². The van der Waals surface area contributed by atoms with Crippen molar-refractivity contribution < 1.29 is 14.6 Å². The summed E-state index contributed by atoms with van der Waals surface area (Å²) in [4.78, 5) is 0. The first-order valence-electron chi connectivity index (χ1n) is 6.94. The van der Waals surface area contributed by atoms with Crippen molar-refractivity contribution in [1.82, 2.24) is 5.32 Å². The smallest absolute Gasteiger partial charge is 0.119 e. The molecular formula is C15H23NO3. The summed E-state index contributed by atoms with van der Waals surface area (Å²) in [5, 5.41) is 13.1. The maximum absolute atomic E-state index is 9.83. The van der Waals surface area contributed by atoms with Gasteiger partial charge < -0.3 is 19.9 Å². The van der Waals surface area contributed by atoms with Gasteiger partial charge in [-0.15, -0.1) is 0 Å². The fraction of sp³-hybridized carbons (Fsp3) is 0.600. The Labute approximate surface area is 114 Å². The van der Waals surface area contributed by atoms with Gasteiger partial charge >= 0.3 is 0 Å². The number of benzene rings is 1. The van der Waals surface area contributed by atoms with E-state index in [9.17, 15) is 5.11 Å². The fourth-order valence-corrected chi connectivity index (χ4v) is 2.25. The Morgan fingerprint density at radius 1 is 1.42 bits per heavy atom. The molecule has 3 unspecified atom stereocenters. The van der Waals surface area contributed by atoms with E-state index in [1.54, 1.807) is 0 Å². The van der Waals surface area contributed by atoms with E-state index >= 15 is 0 Å². The van der Waals surface area contributed by atoms with Gasteiger partial charge in [-0.25, -0.2) is 0 Å². The van der Waals surface area contributed by atoms with Crippen LogP contribution in [0.3, 0.4) is 0 Å². The molecule has 1 aromatic carbocycles. The van der Waals surface area contributed by atoms with Crippen LogP contribution in [0.1, 0.15) is 13.3 Å². The Balaban J connectivity index is 1.58. The number of aliphatic hydroxyl groups is 1. The lowest BCUT2D eigenvalue weighted by molar-refractivity contribution is 0.0946. The Kier molecular flexibility index (Phi) is 5.63. The van der Waals surface area contributed by atoms with Crippen molar-refractivity contribution >= 4 is 0 Å². The number of hydrogen-bond acceptors (Lipinski definition) is 4. The lowest BCUT2D eigenvalue weighted by Gasteiger charge is -2.17. The molecule has 2 rings (SSSR count). The molecule has 1 aliphatic heterocycles. The van der Waals surface area contributed by atoms with Crippen LogP contribution in [-0.2, 0) is 4.74 Å². The number of para-hydroxylation sites is 1. The van der Waals surface area contributed by atoms with Crippen molar-refractivity contribution in [2.75, 3.05) is 26.3 Å². The van der Waals surface area contributed by atoms with Crippen molar-refractivity contribution in [1.29, 1.82) is 0 Å². The first-order chi connectivity index (χ1) is 9.25. The third-order valence-corrected chi connectivity index (χ3v) is 3.51. The molecule has 0 aromatic heterocycles. The van der Waals surface area contributed by atoms with Crippen LogP contribution in [0, 0.1) is 5.92 Å². The van der Waals surface area contributed by atoms with Crippen molar-refractivity contribution in [2.45, 2.75) is 25.6 Å². The van der Waals surface area contributed by atoms with E-state index in [2.05, 4.69) is 12.2 Å². The number of nitrogens with one attached hydrogen (secondary N) is 1. The van der Waals surface area contributed by atoms with Crippen molar-refractivity contribution in [3.8, 4) is 5.75 Å². The molecule has 1 aliphatic rings. The Morgan fingerprint density at radius 2 is 2.21 bits per heavy atom. The molecule has 0 amide bonds. The molecule has 1 heterocycles. The second kappa shape index (κ2) is 7.48. The molecule has 19 heavy (non-hydrogen) atoms. The summed E-state index contributed by atoms with van der Waals surface area (Å²) >= 11 is 0. The number of aliphatic hydroxyl groups excluding tert-OH is 1. The SMILES string of the molecule is CC1OCCC1CNCC(O)COc1ccccc1. The molecule has 1 fully saturated rings. The molecule has 0 bridgehead atoms. The van der Waals surface area contributed by atoms with Crippen LogP contribution in [0.5, 0.6) is 5.75 Å². The molecule has 0 aliphatic carbocycles. The molecule has 4 heteroatoms. The zero-order chi connectivity index (χ0) is 13.5. The number of ether oxygens (including phenoxy) is 2. The Bertz CT molecular complexity index is 358. The van der Waals surface area contributed by atoms with Crippen LogP contribution < -0.4 is 10.1 Å². The highest BCUT2D eigenvalue weighted by Gasteiger charge is 2.23.